The van der Waals surface area contributed by atoms with Crippen molar-refractivity contribution >= 4 is 45.8 Å². The van der Waals surface area contributed by atoms with Gasteiger partial charge in [0.05, 0.1) is 43.0 Å². The van der Waals surface area contributed by atoms with Gasteiger partial charge < -0.3 is 39.9 Å². The van der Waals surface area contributed by atoms with E-state index in [4.69, 9.17) is 19.4 Å². The molecule has 1 aliphatic heterocycles. The normalized spacial score (nSPS) is 19.4. The summed E-state index contributed by atoms with van der Waals surface area (Å²) in [6.07, 6.45) is 4.15. The van der Waals surface area contributed by atoms with Crippen LogP contribution in [0.3, 0.4) is 0 Å². The topological polar surface area (TPSA) is 175 Å². The molecule has 3 aliphatic rings. The molecule has 14 nitrogen and oxygen atoms in total. The zero-order chi connectivity index (χ0) is 43.3. The van der Waals surface area contributed by atoms with Gasteiger partial charge in [-0.3, -0.25) is 9.59 Å². The summed E-state index contributed by atoms with van der Waals surface area (Å²) in [6.45, 7) is 12.2. The molecule has 0 radical (unpaired) electrons. The Balaban J connectivity index is 1.04. The van der Waals surface area contributed by atoms with E-state index in [1.165, 1.54) is 19.8 Å². The van der Waals surface area contributed by atoms with Crippen LogP contribution >= 0.6 is 0 Å². The van der Waals surface area contributed by atoms with Crippen molar-refractivity contribution in [3.05, 3.63) is 71.4 Å². The molecule has 61 heavy (non-hydrogen) atoms. The number of carbonyl (C=O) groups is 4. The summed E-state index contributed by atoms with van der Waals surface area (Å²) in [5.74, 6) is 1.34. The molecule has 6 atom stereocenters. The molecule has 1 saturated heterocycles. The maximum absolute atomic E-state index is 14.1. The van der Waals surface area contributed by atoms with Crippen LogP contribution in [0.1, 0.15) is 102 Å². The van der Waals surface area contributed by atoms with E-state index < -0.39 is 24.3 Å². The summed E-state index contributed by atoms with van der Waals surface area (Å²) < 4.78 is 9.67. The van der Waals surface area contributed by atoms with E-state index in [-0.39, 0.29) is 41.8 Å². The van der Waals surface area contributed by atoms with Crippen LogP contribution in [0.4, 0.5) is 9.59 Å². The smallest absolute Gasteiger partial charge is 0.407 e. The number of methoxy groups -OCH3 is 2. The van der Waals surface area contributed by atoms with Crippen molar-refractivity contribution < 1.29 is 28.7 Å². The van der Waals surface area contributed by atoms with Gasteiger partial charge in [0.2, 0.25) is 11.8 Å². The van der Waals surface area contributed by atoms with Gasteiger partial charge >= 0.3 is 12.2 Å². The molecule has 14 heteroatoms. The maximum Gasteiger partial charge on any atom is 0.407 e. The van der Waals surface area contributed by atoms with Crippen molar-refractivity contribution in [2.24, 2.45) is 17.8 Å². The second-order valence-corrected chi connectivity index (χ2v) is 17.7. The average molecular weight is 831 g/mol. The van der Waals surface area contributed by atoms with Crippen LogP contribution in [0.15, 0.2) is 48.5 Å². The third-order valence-corrected chi connectivity index (χ3v) is 13.1. The van der Waals surface area contributed by atoms with E-state index in [1.807, 2.05) is 52.5 Å². The minimum absolute atomic E-state index is 0.0767. The SMILES string of the molecule is CCCN(C(=O)[C@@H](NC(=O)OC)C(C)C)[C@@H](C)c1nc2c(ccc3cc(-c4ccc5c(c4)CCc4[nH]c([C@@H]6[C@H]7CC[C@H](C7)N6C(=O)[C@@H](NC(=O)OC)C(C)C)nc4-5)ccc32)[nH]1. The Morgan fingerprint density at radius 3 is 2.26 bits per heavy atom. The molecule has 1 saturated carbocycles. The Hall–Kier alpha value is -5.92. The zero-order valence-corrected chi connectivity index (χ0v) is 36.4. The molecule has 3 heterocycles. The molecule has 2 bridgehead atoms. The number of piperidine rings is 1. The number of hydrogen-bond donors (Lipinski definition) is 4. The Morgan fingerprint density at radius 1 is 0.852 bits per heavy atom. The van der Waals surface area contributed by atoms with Gasteiger partial charge in [-0.15, -0.1) is 0 Å². The fraction of sp³-hybridized carbons (Fsp3) is 0.489. The molecule has 8 rings (SSSR count). The van der Waals surface area contributed by atoms with Crippen LogP contribution in [0.5, 0.6) is 0 Å². The van der Waals surface area contributed by atoms with Crippen molar-refractivity contribution in [2.75, 3.05) is 20.8 Å². The summed E-state index contributed by atoms with van der Waals surface area (Å²) >= 11 is 0. The number of benzene rings is 3. The van der Waals surface area contributed by atoms with Crippen LogP contribution in [0.25, 0.3) is 44.2 Å². The Labute approximate surface area is 356 Å². The molecular formula is C47H58N8O6. The highest BCUT2D eigenvalue weighted by Gasteiger charge is 2.52. The number of nitrogens with one attached hydrogen (secondary N) is 4. The minimum atomic E-state index is -0.732. The highest BCUT2D eigenvalue weighted by atomic mass is 16.5. The monoisotopic (exact) mass is 830 g/mol. The van der Waals surface area contributed by atoms with Gasteiger partial charge in [0.1, 0.15) is 23.7 Å². The molecule has 0 unspecified atom stereocenters. The second kappa shape index (κ2) is 16.9. The third-order valence-electron chi connectivity index (χ3n) is 13.1. The molecule has 3 aromatic carbocycles. The molecule has 4 amide bonds. The molecular weight excluding hydrogens is 773 g/mol. The van der Waals surface area contributed by atoms with Crippen molar-refractivity contribution in [3.63, 3.8) is 0 Å². The summed E-state index contributed by atoms with van der Waals surface area (Å²) in [7, 11) is 2.61. The number of rotatable bonds is 12. The second-order valence-electron chi connectivity index (χ2n) is 17.7. The average Bonchev–Trinajstić information content (AvgIpc) is 4.08. The summed E-state index contributed by atoms with van der Waals surface area (Å²) in [6, 6.07) is 15.4. The van der Waals surface area contributed by atoms with Crippen LogP contribution < -0.4 is 10.6 Å². The van der Waals surface area contributed by atoms with Gasteiger partial charge in [0.25, 0.3) is 0 Å². The number of likely N-dealkylation sites (tertiary alicyclic amines) is 1. The highest BCUT2D eigenvalue weighted by Crippen LogP contribution is 2.51. The van der Waals surface area contributed by atoms with Gasteiger partial charge in [-0.1, -0.05) is 71.0 Å². The number of fused-ring (bicyclic) bond motifs is 8. The number of amides is 4. The number of aromatic nitrogens is 4. The lowest BCUT2D eigenvalue weighted by molar-refractivity contribution is -0.139. The molecule has 5 aromatic rings. The predicted octanol–water partition coefficient (Wildman–Crippen LogP) is 7.98. The van der Waals surface area contributed by atoms with Crippen molar-refractivity contribution in [1.82, 2.24) is 40.4 Å². The number of alkyl carbamates (subject to hydrolysis) is 2. The number of carbonyl (C=O) groups excluding carboxylic acids is 4. The number of ether oxygens (including phenoxy) is 2. The van der Waals surface area contributed by atoms with Crippen LogP contribution in [-0.4, -0.2) is 92.6 Å². The summed E-state index contributed by atoms with van der Waals surface area (Å²) in [4.78, 5) is 73.5. The number of nitrogens with zero attached hydrogens (tertiary/aromatic N) is 4. The first-order valence-corrected chi connectivity index (χ1v) is 21.8. The van der Waals surface area contributed by atoms with E-state index in [0.29, 0.717) is 18.3 Å². The van der Waals surface area contributed by atoms with Crippen LogP contribution in [0, 0.1) is 17.8 Å². The maximum atomic E-state index is 14.1. The first-order chi connectivity index (χ1) is 29.3. The van der Waals surface area contributed by atoms with Crippen molar-refractivity contribution in [2.45, 2.75) is 110 Å². The fourth-order valence-electron chi connectivity index (χ4n) is 9.92. The van der Waals surface area contributed by atoms with Crippen molar-refractivity contribution in [3.8, 4) is 22.4 Å². The minimum Gasteiger partial charge on any atom is -0.453 e. The number of aryl methyl sites for hydroxylation is 2. The largest absolute Gasteiger partial charge is 0.453 e. The highest BCUT2D eigenvalue weighted by molar-refractivity contribution is 6.05. The summed E-state index contributed by atoms with van der Waals surface area (Å²) in [5.41, 5.74) is 8.34. The van der Waals surface area contributed by atoms with E-state index in [9.17, 15) is 19.2 Å². The Bertz CT molecular complexity index is 2490. The Kier molecular flexibility index (Phi) is 11.5. The molecule has 4 N–H and O–H groups in total. The van der Waals surface area contributed by atoms with E-state index in [0.717, 1.165) is 94.2 Å². The number of imidazole rings is 2. The van der Waals surface area contributed by atoms with Gasteiger partial charge in [0, 0.05) is 29.2 Å². The van der Waals surface area contributed by atoms with E-state index in [2.05, 4.69) is 63.1 Å². The van der Waals surface area contributed by atoms with Crippen LogP contribution in [0.2, 0.25) is 0 Å². The lowest BCUT2D eigenvalue weighted by Gasteiger charge is -2.37. The molecule has 2 fully saturated rings. The molecule has 0 spiro atoms. The number of H-pyrrole nitrogens is 2. The zero-order valence-electron chi connectivity index (χ0n) is 36.4. The fourth-order valence-corrected chi connectivity index (χ4v) is 9.92. The Morgan fingerprint density at radius 2 is 1.56 bits per heavy atom. The van der Waals surface area contributed by atoms with E-state index >= 15 is 0 Å². The number of aromatic amines is 2. The van der Waals surface area contributed by atoms with Gasteiger partial charge in [-0.25, -0.2) is 19.6 Å². The number of hydrogen-bond acceptors (Lipinski definition) is 8. The quantitative estimate of drug-likeness (QED) is 0.0979. The molecule has 2 aromatic heterocycles. The third kappa shape index (κ3) is 7.69. The van der Waals surface area contributed by atoms with Gasteiger partial charge in [-0.2, -0.15) is 0 Å². The standard InChI is InChI=1S/C47H58N8O6/c1-9-20-54(44(56)37(24(2)3)52-46(58)60-7)26(6)42-48-35-18-13-29-21-27(11-16-33(29)39(35)50-42)28-12-17-34-30(22-28)14-19-36-40(34)51-43(49-36)41-31-10-15-32(23-31)55(41)45(57)38(25(4)5)53-47(59)61-8/h11-13,16-18,21-22,24-26,31-32,37-38,41H,9-10,14-15,19-20,23H2,1-8H3,(H,48,50)(H,49,51)(H,52,58)(H,53,59)/t26-,31-,32+,37-,38-,41-/m0/s1. The lowest BCUT2D eigenvalue weighted by atomic mass is 9.89. The van der Waals surface area contributed by atoms with Crippen LogP contribution in [-0.2, 0) is 31.9 Å². The molecule has 2 aliphatic carbocycles. The first kappa shape index (κ1) is 41.8. The van der Waals surface area contributed by atoms with Crippen molar-refractivity contribution in [1.29, 1.82) is 0 Å². The first-order valence-electron chi connectivity index (χ1n) is 21.8. The van der Waals surface area contributed by atoms with E-state index in [1.54, 1.807) is 4.90 Å². The van der Waals surface area contributed by atoms with Gasteiger partial charge in [-0.05, 0) is 97.4 Å². The summed E-state index contributed by atoms with van der Waals surface area (Å²) in [5, 5.41) is 7.58. The van der Waals surface area contributed by atoms with Gasteiger partial charge in [0.15, 0.2) is 0 Å². The predicted molar refractivity (Wildman–Crippen MR) is 233 cm³/mol. The molecule has 322 valence electrons. The lowest BCUT2D eigenvalue weighted by Crippen LogP contribution is -2.54.